The number of aliphatic imine (C=N–C) groups is 4. The molecule has 3 aromatic rings. The molecule has 7 heteroatoms. The van der Waals surface area contributed by atoms with Gasteiger partial charge in [0.1, 0.15) is 24.0 Å². The van der Waals surface area contributed by atoms with Gasteiger partial charge in [-0.05, 0) is 11.1 Å². The molecule has 0 fully saturated rings. The van der Waals surface area contributed by atoms with Gasteiger partial charge in [-0.15, -0.1) is 0 Å². The van der Waals surface area contributed by atoms with Gasteiger partial charge in [-0.1, -0.05) is 72.8 Å². The Kier molecular flexibility index (Phi) is 3.84. The summed E-state index contributed by atoms with van der Waals surface area (Å²) in [7, 11) is 0. The van der Waals surface area contributed by atoms with E-state index in [2.05, 4.69) is 27.4 Å². The first-order valence-corrected chi connectivity index (χ1v) is 10.1. The van der Waals surface area contributed by atoms with Crippen molar-refractivity contribution >= 4 is 23.3 Å². The molecular formula is C24H19N7. The SMILES string of the molecule is NC1=N/C(=N\C2NC(/N=C3\N=C(N)c4ccccc43)c3ccccc32)c2ccccc21. The van der Waals surface area contributed by atoms with Crippen LogP contribution in [-0.4, -0.2) is 23.3 Å². The van der Waals surface area contributed by atoms with Crippen LogP contribution < -0.4 is 16.8 Å². The van der Waals surface area contributed by atoms with Gasteiger partial charge in [0, 0.05) is 22.3 Å². The first-order valence-electron chi connectivity index (χ1n) is 10.1. The average Bonchev–Trinajstić information content (AvgIpc) is 3.42. The van der Waals surface area contributed by atoms with Crippen LogP contribution in [0.15, 0.2) is 92.8 Å². The predicted molar refractivity (Wildman–Crippen MR) is 122 cm³/mol. The minimum Gasteiger partial charge on any atom is -0.383 e. The third-order valence-electron chi connectivity index (χ3n) is 5.74. The minimum atomic E-state index is -0.291. The van der Waals surface area contributed by atoms with Gasteiger partial charge in [0.25, 0.3) is 0 Å². The Morgan fingerprint density at radius 3 is 1.42 bits per heavy atom. The molecular weight excluding hydrogens is 386 g/mol. The van der Waals surface area contributed by atoms with Crippen LogP contribution in [-0.2, 0) is 0 Å². The molecule has 0 radical (unpaired) electrons. The molecule has 2 unspecified atom stereocenters. The molecule has 0 aliphatic carbocycles. The van der Waals surface area contributed by atoms with Crippen LogP contribution >= 0.6 is 0 Å². The molecule has 0 bridgehead atoms. The van der Waals surface area contributed by atoms with Gasteiger partial charge < -0.3 is 11.5 Å². The van der Waals surface area contributed by atoms with Crippen LogP contribution in [0.2, 0.25) is 0 Å². The third-order valence-corrected chi connectivity index (χ3v) is 5.74. The van der Waals surface area contributed by atoms with Crippen LogP contribution in [0.25, 0.3) is 0 Å². The summed E-state index contributed by atoms with van der Waals surface area (Å²) in [4.78, 5) is 18.8. The molecule has 3 heterocycles. The molecule has 0 saturated heterocycles. The van der Waals surface area contributed by atoms with Gasteiger partial charge in [0.2, 0.25) is 0 Å². The Balaban J connectivity index is 1.40. The minimum absolute atomic E-state index is 0.291. The second-order valence-electron chi connectivity index (χ2n) is 7.59. The molecule has 0 amide bonds. The molecule has 5 N–H and O–H groups in total. The molecule has 150 valence electrons. The highest BCUT2D eigenvalue weighted by Gasteiger charge is 2.32. The maximum atomic E-state index is 6.10. The zero-order chi connectivity index (χ0) is 20.9. The highest BCUT2D eigenvalue weighted by molar-refractivity contribution is 6.22. The van der Waals surface area contributed by atoms with E-state index in [1.165, 1.54) is 0 Å². The Labute approximate surface area is 179 Å². The molecule has 7 nitrogen and oxygen atoms in total. The molecule has 0 saturated carbocycles. The normalized spacial score (nSPS) is 23.5. The van der Waals surface area contributed by atoms with E-state index in [0.717, 1.165) is 33.4 Å². The van der Waals surface area contributed by atoms with Crippen molar-refractivity contribution in [1.82, 2.24) is 5.32 Å². The summed E-state index contributed by atoms with van der Waals surface area (Å²) >= 11 is 0. The van der Waals surface area contributed by atoms with Crippen molar-refractivity contribution in [2.75, 3.05) is 0 Å². The molecule has 3 aliphatic heterocycles. The maximum Gasteiger partial charge on any atom is 0.159 e. The monoisotopic (exact) mass is 405 g/mol. The number of nitrogens with zero attached hydrogens (tertiary/aromatic N) is 4. The van der Waals surface area contributed by atoms with Crippen molar-refractivity contribution in [3.05, 3.63) is 106 Å². The molecule has 0 spiro atoms. The lowest BCUT2D eigenvalue weighted by Gasteiger charge is -2.10. The van der Waals surface area contributed by atoms with Gasteiger partial charge in [0.15, 0.2) is 11.7 Å². The zero-order valence-electron chi connectivity index (χ0n) is 16.5. The summed E-state index contributed by atoms with van der Waals surface area (Å²) in [6.07, 6.45) is -0.581. The molecule has 0 aromatic heterocycles. The number of fused-ring (bicyclic) bond motifs is 3. The number of hydrogen-bond acceptors (Lipinski definition) is 5. The first-order chi connectivity index (χ1) is 15.2. The van der Waals surface area contributed by atoms with E-state index >= 15 is 0 Å². The molecule has 6 rings (SSSR count). The Bertz CT molecular complexity index is 1250. The molecule has 2 atom stereocenters. The quantitative estimate of drug-likeness (QED) is 0.609. The summed E-state index contributed by atoms with van der Waals surface area (Å²) in [5.74, 6) is 2.24. The van der Waals surface area contributed by atoms with Crippen molar-refractivity contribution in [3.63, 3.8) is 0 Å². The zero-order valence-corrected chi connectivity index (χ0v) is 16.5. The number of nitrogens with two attached hydrogens (primary N) is 2. The van der Waals surface area contributed by atoms with Gasteiger partial charge in [-0.25, -0.2) is 20.0 Å². The number of nitrogens with one attached hydrogen (secondary N) is 1. The van der Waals surface area contributed by atoms with Crippen molar-refractivity contribution in [1.29, 1.82) is 0 Å². The third kappa shape index (κ3) is 2.78. The lowest BCUT2D eigenvalue weighted by atomic mass is 10.1. The highest BCUT2D eigenvalue weighted by Crippen LogP contribution is 2.36. The molecule has 31 heavy (non-hydrogen) atoms. The van der Waals surface area contributed by atoms with Gasteiger partial charge >= 0.3 is 0 Å². The van der Waals surface area contributed by atoms with E-state index in [-0.39, 0.29) is 12.3 Å². The largest absolute Gasteiger partial charge is 0.383 e. The smallest absolute Gasteiger partial charge is 0.159 e. The lowest BCUT2D eigenvalue weighted by Crippen LogP contribution is -2.17. The van der Waals surface area contributed by atoms with Gasteiger partial charge in [0.05, 0.1) is 0 Å². The van der Waals surface area contributed by atoms with Crippen LogP contribution in [0.4, 0.5) is 0 Å². The Hall–Kier alpha value is -4.10. The number of amidine groups is 4. The molecule has 3 aliphatic rings. The topological polar surface area (TPSA) is 114 Å². The van der Waals surface area contributed by atoms with E-state index < -0.39 is 0 Å². The average molecular weight is 405 g/mol. The summed E-state index contributed by atoms with van der Waals surface area (Å²) in [6, 6.07) is 23.9. The summed E-state index contributed by atoms with van der Waals surface area (Å²) < 4.78 is 0. The van der Waals surface area contributed by atoms with Crippen LogP contribution in [0, 0.1) is 0 Å². The van der Waals surface area contributed by atoms with Crippen LogP contribution in [0.5, 0.6) is 0 Å². The van der Waals surface area contributed by atoms with E-state index in [1.54, 1.807) is 0 Å². The second-order valence-corrected chi connectivity index (χ2v) is 7.59. The van der Waals surface area contributed by atoms with Gasteiger partial charge in [-0.2, -0.15) is 0 Å². The van der Waals surface area contributed by atoms with Crippen molar-refractivity contribution in [2.45, 2.75) is 12.3 Å². The number of rotatable bonds is 2. The second kappa shape index (κ2) is 6.72. The standard InChI is InChI=1S/C24H19N7/c25-19-13-7-1-3-9-15(13)21(27-19)29-23-17-11-5-6-12-18(17)24(31-23)30-22-16-10-4-2-8-14(16)20(26)28-22/h1-12,23-24,31H,(H2,25,27,29)(H2,26,28,30). The lowest BCUT2D eigenvalue weighted by molar-refractivity contribution is 0.523. The van der Waals surface area contributed by atoms with Crippen molar-refractivity contribution < 1.29 is 0 Å². The van der Waals surface area contributed by atoms with Crippen LogP contribution in [0.3, 0.4) is 0 Å². The fraction of sp³-hybridized carbons (Fsp3) is 0.0833. The van der Waals surface area contributed by atoms with Crippen molar-refractivity contribution in [3.8, 4) is 0 Å². The highest BCUT2D eigenvalue weighted by atomic mass is 15.2. The van der Waals surface area contributed by atoms with Gasteiger partial charge in [-0.3, -0.25) is 5.32 Å². The van der Waals surface area contributed by atoms with Crippen molar-refractivity contribution in [2.24, 2.45) is 31.4 Å². The maximum absolute atomic E-state index is 6.10. The number of hydrogen-bond donors (Lipinski definition) is 3. The summed E-state index contributed by atoms with van der Waals surface area (Å²) in [5, 5.41) is 3.51. The Morgan fingerprint density at radius 2 is 0.968 bits per heavy atom. The van der Waals surface area contributed by atoms with Crippen LogP contribution in [0.1, 0.15) is 45.7 Å². The summed E-state index contributed by atoms with van der Waals surface area (Å²) in [5.41, 5.74) is 18.0. The number of benzene rings is 3. The van der Waals surface area contributed by atoms with E-state index in [1.807, 2.05) is 60.7 Å². The fourth-order valence-corrected chi connectivity index (χ4v) is 4.27. The Morgan fingerprint density at radius 1 is 0.581 bits per heavy atom. The molecule has 3 aromatic carbocycles. The predicted octanol–water partition coefficient (Wildman–Crippen LogP) is 2.62. The van der Waals surface area contributed by atoms with E-state index in [4.69, 9.17) is 21.5 Å². The fourth-order valence-electron chi connectivity index (χ4n) is 4.27. The first kappa shape index (κ1) is 17.7. The van der Waals surface area contributed by atoms with E-state index in [0.29, 0.717) is 23.3 Å². The summed E-state index contributed by atoms with van der Waals surface area (Å²) in [6.45, 7) is 0. The van der Waals surface area contributed by atoms with E-state index in [9.17, 15) is 0 Å².